The number of primary amides is 3. The van der Waals surface area contributed by atoms with Crippen LogP contribution in [0.5, 0.6) is 0 Å². The van der Waals surface area contributed by atoms with E-state index >= 15 is 0 Å². The van der Waals surface area contributed by atoms with Gasteiger partial charge >= 0.3 is 5.97 Å². The molecular weight excluding hydrogens is 442 g/mol. The molecule has 0 aliphatic rings. The third-order valence-electron chi connectivity index (χ3n) is 4.34. The molecule has 186 valence electrons. The number of amides is 6. The van der Waals surface area contributed by atoms with Crippen LogP contribution in [0.15, 0.2) is 0 Å². The van der Waals surface area contributed by atoms with E-state index in [0.717, 1.165) is 0 Å². The number of carboxylic acid groups (broad SMARTS) is 1. The van der Waals surface area contributed by atoms with Gasteiger partial charge < -0.3 is 44.0 Å². The first-order valence-corrected chi connectivity index (χ1v) is 9.90. The number of hydrogen-bond donors (Lipinski definition) is 8. The van der Waals surface area contributed by atoms with Crippen LogP contribution in [0, 0.1) is 5.92 Å². The van der Waals surface area contributed by atoms with E-state index in [2.05, 4.69) is 16.0 Å². The van der Waals surface area contributed by atoms with Crippen LogP contribution >= 0.6 is 0 Å². The number of carbonyl (C=O) groups is 7. The molecule has 15 heteroatoms. The molecule has 0 aromatic heterocycles. The van der Waals surface area contributed by atoms with E-state index in [4.69, 9.17) is 28.0 Å². The summed E-state index contributed by atoms with van der Waals surface area (Å²) in [7, 11) is 0. The largest absolute Gasteiger partial charge is 0.480 e. The predicted octanol–water partition coefficient (Wildman–Crippen LogP) is -4.48. The van der Waals surface area contributed by atoms with Crippen LogP contribution in [0.1, 0.15) is 39.5 Å². The highest BCUT2D eigenvalue weighted by Crippen LogP contribution is 2.06. The molecule has 0 aromatic carbocycles. The lowest BCUT2D eigenvalue weighted by molar-refractivity contribution is -0.144. The molecule has 0 aliphatic heterocycles. The van der Waals surface area contributed by atoms with Crippen molar-refractivity contribution < 1.29 is 38.7 Å². The Bertz CT molecular complexity index is 786. The molecule has 0 heterocycles. The van der Waals surface area contributed by atoms with Gasteiger partial charge in [-0.05, 0) is 12.3 Å². The topological polar surface area (TPSA) is 280 Å². The zero-order chi connectivity index (χ0) is 25.9. The fourth-order valence-corrected chi connectivity index (χ4v) is 2.60. The Kier molecular flexibility index (Phi) is 12.1. The van der Waals surface area contributed by atoms with Gasteiger partial charge in [-0.15, -0.1) is 0 Å². The Hall–Kier alpha value is -3.75. The Morgan fingerprint density at radius 1 is 0.727 bits per heavy atom. The second-order valence-electron chi connectivity index (χ2n) is 7.64. The van der Waals surface area contributed by atoms with Gasteiger partial charge in [-0.25, -0.2) is 4.79 Å². The lowest BCUT2D eigenvalue weighted by atomic mass is 10.0. The highest BCUT2D eigenvalue weighted by atomic mass is 16.4. The fourth-order valence-electron chi connectivity index (χ4n) is 2.60. The monoisotopic (exact) mass is 473 g/mol. The molecule has 0 radical (unpaired) electrons. The van der Waals surface area contributed by atoms with Crippen molar-refractivity contribution in [3.05, 3.63) is 0 Å². The summed E-state index contributed by atoms with van der Waals surface area (Å²) in [5.74, 6) is -7.36. The maximum Gasteiger partial charge on any atom is 0.326 e. The molecule has 0 saturated heterocycles. The quantitative estimate of drug-likeness (QED) is 0.114. The molecule has 6 amide bonds. The van der Waals surface area contributed by atoms with E-state index in [0.29, 0.717) is 0 Å². The number of nitrogens with one attached hydrogen (secondary N) is 3. The highest BCUT2D eigenvalue weighted by molar-refractivity contribution is 5.95. The fraction of sp³-hybridized carbons (Fsp3) is 0.611. The van der Waals surface area contributed by atoms with Gasteiger partial charge in [0.15, 0.2) is 0 Å². The van der Waals surface area contributed by atoms with Crippen LogP contribution < -0.4 is 38.9 Å². The number of hydrogen-bond acceptors (Lipinski definition) is 8. The molecule has 0 rings (SSSR count). The van der Waals surface area contributed by atoms with Crippen molar-refractivity contribution in [3.8, 4) is 0 Å². The standard InChI is InChI=1S/C18H31N7O8/c1-7(2)14(25-15(29)8(19)5-12(21)27)17(31)23-9(3-4-11(20)26)16(30)24-10(18(32)33)6-13(22)28/h7-10,14H,3-6,19H2,1-2H3,(H2,20,26)(H2,21,27)(H2,22,28)(H,23,31)(H,24,30)(H,25,29)(H,32,33). The number of carboxylic acids is 1. The Labute approximate surface area is 189 Å². The number of rotatable bonds is 15. The molecule has 0 spiro atoms. The lowest BCUT2D eigenvalue weighted by Crippen LogP contribution is -2.58. The average Bonchev–Trinajstić information content (AvgIpc) is 2.66. The summed E-state index contributed by atoms with van der Waals surface area (Å²) in [6, 6.07) is -5.62. The first-order valence-electron chi connectivity index (χ1n) is 9.90. The smallest absolute Gasteiger partial charge is 0.326 e. The SMILES string of the molecule is CC(C)C(NC(=O)C(N)CC(N)=O)C(=O)NC(CCC(N)=O)C(=O)NC(CC(N)=O)C(=O)O. The van der Waals surface area contributed by atoms with Gasteiger partial charge in [-0.3, -0.25) is 28.8 Å². The van der Waals surface area contributed by atoms with Crippen LogP contribution in [0.4, 0.5) is 0 Å². The number of aliphatic carboxylic acids is 1. The van der Waals surface area contributed by atoms with E-state index in [1.807, 2.05) is 0 Å². The first kappa shape index (κ1) is 29.2. The molecule has 4 atom stereocenters. The summed E-state index contributed by atoms with van der Waals surface area (Å²) in [5, 5.41) is 15.9. The summed E-state index contributed by atoms with van der Waals surface area (Å²) in [4.78, 5) is 81.9. The maximum absolute atomic E-state index is 12.8. The van der Waals surface area contributed by atoms with Gasteiger partial charge in [0.05, 0.1) is 18.9 Å². The Balaban J connectivity index is 5.53. The van der Waals surface area contributed by atoms with Gasteiger partial charge in [-0.1, -0.05) is 13.8 Å². The van der Waals surface area contributed by atoms with Gasteiger partial charge in [0.1, 0.15) is 18.1 Å². The van der Waals surface area contributed by atoms with E-state index in [9.17, 15) is 33.6 Å². The minimum absolute atomic E-state index is 0.296. The van der Waals surface area contributed by atoms with Crippen LogP contribution in [-0.4, -0.2) is 70.7 Å². The van der Waals surface area contributed by atoms with Gasteiger partial charge in [0, 0.05) is 6.42 Å². The number of nitrogens with two attached hydrogens (primary N) is 4. The second kappa shape index (κ2) is 13.6. The van der Waals surface area contributed by atoms with Gasteiger partial charge in [0.2, 0.25) is 35.4 Å². The van der Waals surface area contributed by atoms with E-state index in [1.165, 1.54) is 0 Å². The zero-order valence-electron chi connectivity index (χ0n) is 18.3. The Morgan fingerprint density at radius 3 is 1.67 bits per heavy atom. The lowest BCUT2D eigenvalue weighted by Gasteiger charge is -2.26. The van der Waals surface area contributed by atoms with Crippen molar-refractivity contribution in [2.24, 2.45) is 28.9 Å². The molecule has 33 heavy (non-hydrogen) atoms. The summed E-state index contributed by atoms with van der Waals surface area (Å²) < 4.78 is 0. The van der Waals surface area contributed by atoms with E-state index in [-0.39, 0.29) is 12.8 Å². The average molecular weight is 473 g/mol. The van der Waals surface area contributed by atoms with E-state index < -0.39 is 84.3 Å². The van der Waals surface area contributed by atoms with Crippen LogP contribution in [0.3, 0.4) is 0 Å². The first-order chi connectivity index (χ1) is 15.1. The second-order valence-corrected chi connectivity index (χ2v) is 7.64. The van der Waals surface area contributed by atoms with Gasteiger partial charge in [0.25, 0.3) is 0 Å². The summed E-state index contributed by atoms with van der Waals surface area (Å²) in [5.41, 5.74) is 20.6. The molecule has 15 nitrogen and oxygen atoms in total. The van der Waals surface area contributed by atoms with Crippen molar-refractivity contribution in [1.82, 2.24) is 16.0 Å². The minimum Gasteiger partial charge on any atom is -0.480 e. The molecular formula is C18H31N7O8. The molecule has 0 fully saturated rings. The van der Waals surface area contributed by atoms with Crippen LogP contribution in [-0.2, 0) is 33.6 Å². The normalized spacial score (nSPS) is 14.3. The van der Waals surface area contributed by atoms with E-state index in [1.54, 1.807) is 13.8 Å². The molecule has 0 saturated carbocycles. The molecule has 0 bridgehead atoms. The van der Waals surface area contributed by atoms with Crippen LogP contribution in [0.2, 0.25) is 0 Å². The highest BCUT2D eigenvalue weighted by Gasteiger charge is 2.32. The van der Waals surface area contributed by atoms with Gasteiger partial charge in [-0.2, -0.15) is 0 Å². The molecule has 12 N–H and O–H groups in total. The Morgan fingerprint density at radius 2 is 1.24 bits per heavy atom. The summed E-state index contributed by atoms with van der Waals surface area (Å²) in [6.07, 6.45) is -1.80. The maximum atomic E-state index is 12.8. The summed E-state index contributed by atoms with van der Waals surface area (Å²) in [6.45, 7) is 3.16. The van der Waals surface area contributed by atoms with Crippen molar-refractivity contribution in [2.45, 2.75) is 63.7 Å². The molecule has 0 aliphatic carbocycles. The van der Waals surface area contributed by atoms with Crippen molar-refractivity contribution >= 4 is 41.4 Å². The molecule has 4 unspecified atom stereocenters. The van der Waals surface area contributed by atoms with Crippen molar-refractivity contribution in [2.75, 3.05) is 0 Å². The predicted molar refractivity (Wildman–Crippen MR) is 112 cm³/mol. The van der Waals surface area contributed by atoms with Crippen molar-refractivity contribution in [1.29, 1.82) is 0 Å². The minimum atomic E-state index is -1.67. The zero-order valence-corrected chi connectivity index (χ0v) is 18.3. The van der Waals surface area contributed by atoms with Crippen LogP contribution in [0.25, 0.3) is 0 Å². The third kappa shape index (κ3) is 11.4. The third-order valence-corrected chi connectivity index (χ3v) is 4.34. The summed E-state index contributed by atoms with van der Waals surface area (Å²) >= 11 is 0. The molecule has 0 aromatic rings. The number of carbonyl (C=O) groups excluding carboxylic acids is 6. The van der Waals surface area contributed by atoms with Crippen molar-refractivity contribution in [3.63, 3.8) is 0 Å².